The van der Waals surface area contributed by atoms with Crippen LogP contribution in [0, 0.1) is 27.7 Å². The number of aromatic amines is 1. The van der Waals surface area contributed by atoms with Crippen LogP contribution in [0.3, 0.4) is 0 Å². The number of nitrogens with one attached hydrogen (secondary N) is 2. The van der Waals surface area contributed by atoms with E-state index in [1.165, 1.54) is 11.1 Å². The second kappa shape index (κ2) is 6.15. The van der Waals surface area contributed by atoms with Crippen molar-refractivity contribution in [2.75, 3.05) is 0 Å². The SMILES string of the molecule is Cc1cc(C)c2[nH]c(C)c(CC(=O)NCc3cc(C)nn3C)c2c1. The average molecular weight is 324 g/mol. The number of hydrogen-bond acceptors (Lipinski definition) is 2. The lowest BCUT2D eigenvalue weighted by Gasteiger charge is -2.06. The van der Waals surface area contributed by atoms with Gasteiger partial charge in [0.15, 0.2) is 0 Å². The zero-order chi connectivity index (χ0) is 17.4. The number of fused-ring (bicyclic) bond motifs is 1. The molecule has 24 heavy (non-hydrogen) atoms. The molecule has 0 radical (unpaired) electrons. The van der Waals surface area contributed by atoms with Gasteiger partial charge in [-0.2, -0.15) is 5.10 Å². The molecule has 0 aliphatic heterocycles. The molecule has 1 aromatic carbocycles. The Balaban J connectivity index is 1.78. The van der Waals surface area contributed by atoms with Crippen LogP contribution in [-0.4, -0.2) is 20.7 Å². The highest BCUT2D eigenvalue weighted by atomic mass is 16.1. The Labute approximate surface area is 142 Å². The molecule has 0 saturated heterocycles. The Morgan fingerprint density at radius 2 is 1.96 bits per heavy atom. The van der Waals surface area contributed by atoms with Gasteiger partial charge in [0.2, 0.25) is 5.91 Å². The number of aryl methyl sites for hydroxylation is 5. The molecule has 5 nitrogen and oxygen atoms in total. The maximum Gasteiger partial charge on any atom is 0.224 e. The number of H-pyrrole nitrogens is 1. The summed E-state index contributed by atoms with van der Waals surface area (Å²) < 4.78 is 1.80. The molecule has 2 aromatic heterocycles. The van der Waals surface area contributed by atoms with Crippen molar-refractivity contribution >= 4 is 16.8 Å². The summed E-state index contributed by atoms with van der Waals surface area (Å²) in [5.41, 5.74) is 7.66. The molecule has 126 valence electrons. The second-order valence-corrected chi connectivity index (χ2v) is 6.59. The monoisotopic (exact) mass is 324 g/mol. The summed E-state index contributed by atoms with van der Waals surface area (Å²) in [5.74, 6) is 0.0250. The largest absolute Gasteiger partial charge is 0.358 e. The molecule has 0 aliphatic rings. The van der Waals surface area contributed by atoms with Crippen LogP contribution < -0.4 is 5.32 Å². The van der Waals surface area contributed by atoms with Gasteiger partial charge < -0.3 is 10.3 Å². The van der Waals surface area contributed by atoms with Crippen molar-refractivity contribution in [2.45, 2.75) is 40.7 Å². The molecule has 0 spiro atoms. The summed E-state index contributed by atoms with van der Waals surface area (Å²) in [7, 11) is 1.89. The van der Waals surface area contributed by atoms with Gasteiger partial charge in [0.05, 0.1) is 24.4 Å². The van der Waals surface area contributed by atoms with Crippen molar-refractivity contribution in [3.63, 3.8) is 0 Å². The van der Waals surface area contributed by atoms with Gasteiger partial charge >= 0.3 is 0 Å². The lowest BCUT2D eigenvalue weighted by molar-refractivity contribution is -0.120. The Morgan fingerprint density at radius 3 is 2.62 bits per heavy atom. The molecule has 2 N–H and O–H groups in total. The Hall–Kier alpha value is -2.56. The molecular weight excluding hydrogens is 300 g/mol. The van der Waals surface area contributed by atoms with Crippen molar-refractivity contribution in [1.29, 1.82) is 0 Å². The van der Waals surface area contributed by atoms with E-state index in [0.717, 1.165) is 33.5 Å². The van der Waals surface area contributed by atoms with Crippen LogP contribution in [0.2, 0.25) is 0 Å². The van der Waals surface area contributed by atoms with Crippen LogP contribution in [0.1, 0.15) is 33.8 Å². The molecule has 0 aliphatic carbocycles. The lowest BCUT2D eigenvalue weighted by Crippen LogP contribution is -2.25. The van der Waals surface area contributed by atoms with E-state index in [1.807, 2.05) is 27.0 Å². The third kappa shape index (κ3) is 3.07. The Bertz CT molecular complexity index is 917. The Morgan fingerprint density at radius 1 is 1.21 bits per heavy atom. The van der Waals surface area contributed by atoms with Gasteiger partial charge in [0, 0.05) is 23.6 Å². The van der Waals surface area contributed by atoms with Crippen molar-refractivity contribution in [3.05, 3.63) is 52.0 Å². The highest BCUT2D eigenvalue weighted by Gasteiger charge is 2.14. The van der Waals surface area contributed by atoms with E-state index in [1.54, 1.807) is 4.68 Å². The maximum atomic E-state index is 12.4. The first-order valence-corrected chi connectivity index (χ1v) is 8.19. The van der Waals surface area contributed by atoms with Crippen molar-refractivity contribution in [3.8, 4) is 0 Å². The van der Waals surface area contributed by atoms with Gasteiger partial charge in [-0.3, -0.25) is 9.48 Å². The molecular formula is C19H24N4O. The van der Waals surface area contributed by atoms with Crippen LogP contribution in [0.15, 0.2) is 18.2 Å². The van der Waals surface area contributed by atoms with E-state index in [2.05, 4.69) is 41.4 Å². The van der Waals surface area contributed by atoms with E-state index in [4.69, 9.17) is 0 Å². The number of amides is 1. The Kier molecular flexibility index (Phi) is 4.18. The van der Waals surface area contributed by atoms with E-state index in [9.17, 15) is 4.79 Å². The summed E-state index contributed by atoms with van der Waals surface area (Å²) in [6.45, 7) is 8.66. The molecule has 1 amide bonds. The molecule has 3 rings (SSSR count). The molecule has 3 aromatic rings. The normalized spacial score (nSPS) is 11.2. The third-order valence-electron chi connectivity index (χ3n) is 4.47. The zero-order valence-electron chi connectivity index (χ0n) is 14.9. The number of hydrogen-bond donors (Lipinski definition) is 2. The van der Waals surface area contributed by atoms with Crippen molar-refractivity contribution in [2.24, 2.45) is 7.05 Å². The quantitative estimate of drug-likeness (QED) is 0.775. The van der Waals surface area contributed by atoms with Gasteiger partial charge in [0.1, 0.15) is 0 Å². The topological polar surface area (TPSA) is 62.7 Å². The fraction of sp³-hybridized carbons (Fsp3) is 0.368. The van der Waals surface area contributed by atoms with E-state index in [0.29, 0.717) is 13.0 Å². The van der Waals surface area contributed by atoms with Gasteiger partial charge in [-0.15, -0.1) is 0 Å². The first-order chi connectivity index (χ1) is 11.3. The predicted molar refractivity (Wildman–Crippen MR) is 96.0 cm³/mol. The highest BCUT2D eigenvalue weighted by molar-refractivity contribution is 5.92. The second-order valence-electron chi connectivity index (χ2n) is 6.59. The van der Waals surface area contributed by atoms with Crippen molar-refractivity contribution in [1.82, 2.24) is 20.1 Å². The van der Waals surface area contributed by atoms with Crippen LogP contribution in [0.4, 0.5) is 0 Å². The smallest absolute Gasteiger partial charge is 0.224 e. The predicted octanol–water partition coefficient (Wildman–Crippen LogP) is 2.99. The number of nitrogens with zero attached hydrogens (tertiary/aromatic N) is 2. The summed E-state index contributed by atoms with van der Waals surface area (Å²) in [6, 6.07) is 6.30. The molecule has 0 saturated carbocycles. The summed E-state index contributed by atoms with van der Waals surface area (Å²) in [4.78, 5) is 15.8. The van der Waals surface area contributed by atoms with Crippen LogP contribution in [0.25, 0.3) is 10.9 Å². The molecule has 2 heterocycles. The molecule has 0 fully saturated rings. The van der Waals surface area contributed by atoms with E-state index < -0.39 is 0 Å². The van der Waals surface area contributed by atoms with E-state index >= 15 is 0 Å². The minimum atomic E-state index is 0.0250. The summed E-state index contributed by atoms with van der Waals surface area (Å²) >= 11 is 0. The average Bonchev–Trinajstić information content (AvgIpc) is 2.98. The summed E-state index contributed by atoms with van der Waals surface area (Å²) in [5, 5.41) is 8.45. The fourth-order valence-corrected chi connectivity index (χ4v) is 3.31. The third-order valence-corrected chi connectivity index (χ3v) is 4.47. The highest BCUT2D eigenvalue weighted by Crippen LogP contribution is 2.26. The fourth-order valence-electron chi connectivity index (χ4n) is 3.31. The van der Waals surface area contributed by atoms with Gasteiger partial charge in [-0.05, 0) is 51.0 Å². The zero-order valence-corrected chi connectivity index (χ0v) is 14.9. The van der Waals surface area contributed by atoms with Crippen LogP contribution in [-0.2, 0) is 24.8 Å². The number of carbonyl (C=O) groups excluding carboxylic acids is 1. The van der Waals surface area contributed by atoms with Crippen LogP contribution >= 0.6 is 0 Å². The first-order valence-electron chi connectivity index (χ1n) is 8.19. The first kappa shape index (κ1) is 16.3. The van der Waals surface area contributed by atoms with Crippen LogP contribution in [0.5, 0.6) is 0 Å². The standard InChI is InChI=1S/C19H24N4O/c1-11-6-12(2)19-17(7-11)16(14(4)21-19)9-18(24)20-10-15-8-13(3)22-23(15)5/h6-8,21H,9-10H2,1-5H3,(H,20,24). The molecule has 0 bridgehead atoms. The number of aromatic nitrogens is 3. The molecule has 5 heteroatoms. The molecule has 0 unspecified atom stereocenters. The van der Waals surface area contributed by atoms with Crippen molar-refractivity contribution < 1.29 is 4.79 Å². The lowest BCUT2D eigenvalue weighted by atomic mass is 10.0. The van der Waals surface area contributed by atoms with Gasteiger partial charge in [-0.25, -0.2) is 0 Å². The number of rotatable bonds is 4. The number of carbonyl (C=O) groups is 1. The van der Waals surface area contributed by atoms with Gasteiger partial charge in [-0.1, -0.05) is 11.6 Å². The van der Waals surface area contributed by atoms with E-state index in [-0.39, 0.29) is 5.91 Å². The minimum Gasteiger partial charge on any atom is -0.358 e. The maximum absolute atomic E-state index is 12.4. The summed E-state index contributed by atoms with van der Waals surface area (Å²) in [6.07, 6.45) is 0.381. The minimum absolute atomic E-state index is 0.0250. The van der Waals surface area contributed by atoms with Gasteiger partial charge in [0.25, 0.3) is 0 Å². The molecule has 0 atom stereocenters. The number of benzene rings is 1.